The van der Waals surface area contributed by atoms with Crippen molar-refractivity contribution in [3.05, 3.63) is 46.9 Å². The van der Waals surface area contributed by atoms with Crippen LogP contribution in [0.3, 0.4) is 0 Å². The first-order valence-corrected chi connectivity index (χ1v) is 15.3. The predicted octanol–water partition coefficient (Wildman–Crippen LogP) is -10.4. The maximum atomic E-state index is 5.28. The number of aromatic nitrogens is 4. The van der Waals surface area contributed by atoms with Crippen LogP contribution in [0.5, 0.6) is 0 Å². The van der Waals surface area contributed by atoms with Crippen LogP contribution in [-0.2, 0) is 0 Å². The average molecular weight is 596 g/mol. The van der Waals surface area contributed by atoms with Crippen molar-refractivity contribution in [3.8, 4) is 28.7 Å². The fourth-order valence-electron chi connectivity index (χ4n) is 6.52. The Morgan fingerprint density at radius 1 is 0.476 bits per heavy atom. The van der Waals surface area contributed by atoms with E-state index in [1.165, 1.54) is 60.0 Å². The van der Waals surface area contributed by atoms with E-state index in [0.29, 0.717) is 17.6 Å². The van der Waals surface area contributed by atoms with E-state index in [4.69, 9.17) is 15.0 Å². The minimum absolute atomic E-state index is 0.632. The molecule has 192 valence electrons. The average Bonchev–Trinajstić information content (AvgIpc) is 3.30. The Bertz CT molecular complexity index is 1980. The lowest BCUT2D eigenvalue weighted by atomic mass is 9.60. The van der Waals surface area contributed by atoms with Gasteiger partial charge in [-0.05, 0) is 24.3 Å². The number of hydrogen-bond acceptors (Lipinski definition) is 3. The first-order chi connectivity index (χ1) is 19.9. The third-order valence-corrected chi connectivity index (χ3v) is 10.4. The molecule has 0 atom stereocenters. The van der Waals surface area contributed by atoms with Gasteiger partial charge < -0.3 is 0 Å². The number of halogens is 1. The molecule has 42 heavy (non-hydrogen) atoms. The minimum Gasteiger partial charge on any atom is -0.278 e. The quantitative estimate of drug-likeness (QED) is 0.191. The van der Waals surface area contributed by atoms with Crippen LogP contribution in [0.2, 0.25) is 0 Å². The monoisotopic (exact) mass is 596 g/mol. The van der Waals surface area contributed by atoms with E-state index >= 15 is 0 Å². The van der Waals surface area contributed by atoms with Crippen LogP contribution in [0, 0.1) is 0 Å². The molecule has 0 saturated carbocycles. The van der Waals surface area contributed by atoms with Crippen LogP contribution in [0.1, 0.15) is 0 Å². The van der Waals surface area contributed by atoms with Crippen LogP contribution >= 0.6 is 15.9 Å². The summed E-state index contributed by atoms with van der Waals surface area (Å²) in [5.41, 5.74) is 17.0. The summed E-state index contributed by atoms with van der Waals surface area (Å²) in [6.07, 6.45) is 0. The zero-order valence-corrected chi connectivity index (χ0v) is 27.8. The second kappa shape index (κ2) is 10.5. The highest BCUT2D eigenvalue weighted by atomic mass is 79.9. The van der Waals surface area contributed by atoms with Crippen molar-refractivity contribution >= 4 is 171 Å². The molecule has 2 heterocycles. The van der Waals surface area contributed by atoms with Crippen molar-refractivity contribution in [3.63, 3.8) is 0 Å². The standard InChI is InChI=1S/C27H27B10BrN4/c28-15-13(16(29)20(33)23(36)19(15)32)25-39-26(14-17(30)21(34)24(37)22(35)18(14)31)41-27(40-25)42-11-4-2-1-3-9(11)10-7-8(38)5-6-12(10)42/h1-7H,28-37H2. The van der Waals surface area contributed by atoms with Crippen molar-refractivity contribution in [2.45, 2.75) is 0 Å². The summed E-state index contributed by atoms with van der Waals surface area (Å²) < 4.78 is 3.24. The Morgan fingerprint density at radius 3 is 1.40 bits per heavy atom. The van der Waals surface area contributed by atoms with E-state index in [-0.39, 0.29) is 0 Å². The van der Waals surface area contributed by atoms with Gasteiger partial charge in [0.05, 0.1) is 11.0 Å². The van der Waals surface area contributed by atoms with E-state index in [0.717, 1.165) is 32.0 Å². The van der Waals surface area contributed by atoms with E-state index in [1.807, 2.05) is 0 Å². The summed E-state index contributed by atoms with van der Waals surface area (Å²) in [6, 6.07) is 14.9. The molecule has 6 aromatic rings. The van der Waals surface area contributed by atoms with Gasteiger partial charge in [-0.2, -0.15) is 9.97 Å². The third-order valence-electron chi connectivity index (χ3n) is 9.91. The van der Waals surface area contributed by atoms with Gasteiger partial charge in [-0.15, -0.1) is 32.8 Å². The first-order valence-electron chi connectivity index (χ1n) is 14.5. The van der Waals surface area contributed by atoms with E-state index in [9.17, 15) is 0 Å². The molecule has 0 saturated heterocycles. The summed E-state index contributed by atoms with van der Waals surface area (Å²) in [5, 5.41) is 2.33. The number of hydrogen-bond donors (Lipinski definition) is 0. The Kier molecular flexibility index (Phi) is 7.24. The molecule has 0 aliphatic carbocycles. The van der Waals surface area contributed by atoms with Gasteiger partial charge in [-0.1, -0.05) is 56.0 Å². The molecule has 6 rings (SSSR count). The van der Waals surface area contributed by atoms with Gasteiger partial charge in [0.15, 0.2) is 11.6 Å². The largest absolute Gasteiger partial charge is 0.278 e. The van der Waals surface area contributed by atoms with Crippen LogP contribution in [-0.4, -0.2) is 98.0 Å². The van der Waals surface area contributed by atoms with Crippen molar-refractivity contribution in [1.82, 2.24) is 19.5 Å². The number of rotatable bonds is 3. The van der Waals surface area contributed by atoms with Crippen molar-refractivity contribution < 1.29 is 0 Å². The fourth-order valence-corrected chi connectivity index (χ4v) is 6.88. The molecular formula is C27H27B10BrN4. The van der Waals surface area contributed by atoms with Crippen molar-refractivity contribution in [2.75, 3.05) is 0 Å². The summed E-state index contributed by atoms with van der Waals surface area (Å²) in [7, 11) is 22.0. The highest BCUT2D eigenvalue weighted by Gasteiger charge is 2.23. The van der Waals surface area contributed by atoms with Gasteiger partial charge in [0.25, 0.3) is 0 Å². The molecule has 0 fully saturated rings. The van der Waals surface area contributed by atoms with Crippen molar-refractivity contribution in [2.24, 2.45) is 0 Å². The Balaban J connectivity index is 1.79. The number of para-hydroxylation sites is 1. The Labute approximate surface area is 264 Å². The highest BCUT2D eigenvalue weighted by Crippen LogP contribution is 2.33. The zero-order chi connectivity index (χ0) is 30.2. The molecule has 0 radical (unpaired) electrons. The summed E-state index contributed by atoms with van der Waals surface area (Å²) in [5.74, 6) is 2.07. The predicted molar refractivity (Wildman–Crippen MR) is 215 cm³/mol. The molecule has 0 spiro atoms. The second-order valence-electron chi connectivity index (χ2n) is 11.8. The summed E-state index contributed by atoms with van der Waals surface area (Å²) >= 11 is 3.69. The van der Waals surface area contributed by atoms with Gasteiger partial charge in [-0.25, -0.2) is 4.98 Å². The van der Waals surface area contributed by atoms with Crippen LogP contribution in [0.15, 0.2) is 46.9 Å². The Hall–Kier alpha value is -3.18. The zero-order valence-electron chi connectivity index (χ0n) is 26.2. The normalized spacial score (nSPS) is 11.5. The van der Waals surface area contributed by atoms with Gasteiger partial charge in [0, 0.05) is 26.4 Å². The lowest BCUT2D eigenvalue weighted by Gasteiger charge is -2.22. The third kappa shape index (κ3) is 4.30. The molecule has 0 bridgehead atoms. The van der Waals surface area contributed by atoms with Gasteiger partial charge in [-0.3, -0.25) is 4.57 Å². The van der Waals surface area contributed by atoms with Gasteiger partial charge in [0.1, 0.15) is 78.5 Å². The number of benzene rings is 4. The van der Waals surface area contributed by atoms with E-state index < -0.39 is 0 Å². The molecule has 15 heteroatoms. The first kappa shape index (κ1) is 28.9. The number of nitrogens with zero attached hydrogens (tertiary/aromatic N) is 4. The number of fused-ring (bicyclic) bond motifs is 3. The molecule has 0 aliphatic heterocycles. The van der Waals surface area contributed by atoms with Crippen LogP contribution in [0.4, 0.5) is 0 Å². The topological polar surface area (TPSA) is 43.6 Å². The summed E-state index contributed by atoms with van der Waals surface area (Å²) in [4.78, 5) is 15.8. The molecule has 0 aliphatic rings. The van der Waals surface area contributed by atoms with Crippen LogP contribution in [0.25, 0.3) is 50.5 Å². The molecule has 0 amide bonds. The highest BCUT2D eigenvalue weighted by molar-refractivity contribution is 9.10. The SMILES string of the molecule is Bc1c(B)c(B)c(-c2nc(-c3c(B)c(B)c(B)c(B)c3B)nc(-n3c4ccccc4c4cc(Br)ccc43)n2)c(B)c1B. The maximum absolute atomic E-state index is 5.28. The van der Waals surface area contributed by atoms with Gasteiger partial charge >= 0.3 is 0 Å². The fraction of sp³-hybridized carbons (Fsp3) is 0. The molecule has 2 aromatic heterocycles. The van der Waals surface area contributed by atoms with Crippen LogP contribution < -0.4 is 54.6 Å². The maximum Gasteiger partial charge on any atom is 0.238 e. The second-order valence-corrected chi connectivity index (χ2v) is 12.7. The molecular weight excluding hydrogens is 568 g/mol. The van der Waals surface area contributed by atoms with Gasteiger partial charge in [0.2, 0.25) is 5.95 Å². The molecule has 0 N–H and O–H groups in total. The Morgan fingerprint density at radius 2 is 0.905 bits per heavy atom. The minimum atomic E-state index is 0.632. The molecule has 0 unspecified atom stereocenters. The van der Waals surface area contributed by atoms with E-state index in [2.05, 4.69) is 141 Å². The molecule has 4 nitrogen and oxygen atoms in total. The lowest BCUT2D eigenvalue weighted by molar-refractivity contribution is 0.956. The van der Waals surface area contributed by atoms with Crippen molar-refractivity contribution in [1.29, 1.82) is 0 Å². The summed E-state index contributed by atoms with van der Waals surface area (Å²) in [6.45, 7) is 0. The molecule has 4 aromatic carbocycles. The van der Waals surface area contributed by atoms with E-state index in [1.54, 1.807) is 0 Å². The smallest absolute Gasteiger partial charge is 0.238 e. The lowest BCUT2D eigenvalue weighted by Crippen LogP contribution is -2.55.